The molecule has 0 spiro atoms. The number of allylic oxidation sites excluding steroid dienone is 2. The Balaban J connectivity index is 0.00000729. The van der Waals surface area contributed by atoms with Crippen LogP contribution in [0.25, 0.3) is 0 Å². The normalized spacial score (nSPS) is 28.5. The molecule has 0 amide bonds. The van der Waals surface area contributed by atoms with E-state index in [4.69, 9.17) is 5.48 Å². The van der Waals surface area contributed by atoms with E-state index in [2.05, 4.69) is 0 Å². The molecule has 1 aliphatic heterocycles. The number of carbonyl (C=O) groups is 1. The van der Waals surface area contributed by atoms with Crippen LogP contribution in [0.2, 0.25) is 0 Å². The van der Waals surface area contributed by atoms with Gasteiger partial charge in [0.25, 0.3) is 0 Å². The van der Waals surface area contributed by atoms with Gasteiger partial charge in [-0.05, 0) is 45.6 Å². The molecule has 3 nitrogen and oxygen atoms in total. The largest absolute Gasteiger partial charge is 0.391 e. The Labute approximate surface area is 190 Å². The maximum absolute atomic E-state index is 12.8. The molecule has 0 saturated carbocycles. The number of carbonyl (C=O) groups excluding carboxylic acids is 1. The van der Waals surface area contributed by atoms with Crippen LogP contribution in [0.4, 0.5) is 0 Å². The second kappa shape index (κ2) is 14.9. The van der Waals surface area contributed by atoms with E-state index in [0.29, 0.717) is 6.42 Å². The topological polar surface area (TPSA) is 40.5 Å². The maximum Gasteiger partial charge on any atom is 0.152 e. The summed E-state index contributed by atoms with van der Waals surface area (Å²) in [6.45, 7) is 0.161. The first-order chi connectivity index (χ1) is 12.6. The molecule has 1 N–H and O–H groups in total. The minimum absolute atomic E-state index is 0. The van der Waals surface area contributed by atoms with Crippen molar-refractivity contribution in [2.45, 2.75) is 90.1 Å². The summed E-state index contributed by atoms with van der Waals surface area (Å²) in [5.41, 5.74) is 0. The Morgan fingerprint density at radius 1 is 1.25 bits per heavy atom. The van der Waals surface area contributed by atoms with Crippen molar-refractivity contribution in [2.24, 2.45) is 5.92 Å². The number of Topliss-reactive ketones (excluding diaryl/α,β-unsaturated/α-hetero) is 1. The van der Waals surface area contributed by atoms with E-state index in [1.54, 1.807) is 0 Å². The zero-order valence-corrected chi connectivity index (χ0v) is 20.2. The number of aliphatic hydroxyl groups is 1. The van der Waals surface area contributed by atoms with Crippen LogP contribution >= 0.6 is 0 Å². The third-order valence-corrected chi connectivity index (χ3v) is 4.99. The fourth-order valence-corrected chi connectivity index (χ4v) is 3.40. The third-order valence-electron chi connectivity index (χ3n) is 4.99. The Bertz CT molecular complexity index is 485. The Morgan fingerprint density at radius 2 is 1.83 bits per heavy atom. The molecule has 0 bridgehead atoms. The molecule has 1 rings (SSSR count). The van der Waals surface area contributed by atoms with Crippen LogP contribution in [-0.2, 0) is 4.79 Å². The van der Waals surface area contributed by atoms with Crippen LogP contribution < -0.4 is 0 Å². The summed E-state index contributed by atoms with van der Waals surface area (Å²) in [7, 11) is 1.90. The van der Waals surface area contributed by atoms with E-state index in [9.17, 15) is 9.90 Å². The second-order valence-corrected chi connectivity index (χ2v) is 7.02. The van der Waals surface area contributed by atoms with Crippen molar-refractivity contribution in [3.63, 3.8) is 0 Å². The van der Waals surface area contributed by atoms with Crippen molar-refractivity contribution >= 4 is 5.78 Å². The van der Waals surface area contributed by atoms with E-state index in [1.165, 1.54) is 31.8 Å². The number of rotatable bonds is 4. The SMILES string of the molecule is [2H]C(=CC[C@@H](C)C(O)[C@H]1C(=O)CCCCCCCCCCN1C)C([2H])([2H])[2H].[Ac]. The van der Waals surface area contributed by atoms with Crippen molar-refractivity contribution in [2.75, 3.05) is 13.6 Å². The molecule has 4 heteroatoms. The van der Waals surface area contributed by atoms with Crippen molar-refractivity contribution in [3.8, 4) is 0 Å². The molecule has 1 unspecified atom stereocenters. The minimum atomic E-state index is -2.43. The van der Waals surface area contributed by atoms with E-state index in [0.717, 1.165) is 32.2 Å². The molecule has 137 valence electrons. The van der Waals surface area contributed by atoms with Crippen LogP contribution in [0, 0.1) is 50.0 Å². The van der Waals surface area contributed by atoms with Crippen LogP contribution in [0.1, 0.15) is 83.5 Å². The summed E-state index contributed by atoms with van der Waals surface area (Å²) < 4.78 is 29.4. The summed E-state index contributed by atoms with van der Waals surface area (Å²) in [6, 6.07) is -0.965. The predicted molar refractivity (Wildman–Crippen MR) is 97.6 cm³/mol. The monoisotopic (exact) mass is 554 g/mol. The van der Waals surface area contributed by atoms with E-state index >= 15 is 0 Å². The van der Waals surface area contributed by atoms with E-state index in [1.807, 2.05) is 18.9 Å². The first-order valence-corrected chi connectivity index (χ1v) is 9.23. The van der Waals surface area contributed by atoms with Gasteiger partial charge >= 0.3 is 0 Å². The number of hydrogen-bond acceptors (Lipinski definition) is 3. The third kappa shape index (κ3) is 9.46. The van der Waals surface area contributed by atoms with Crippen molar-refractivity contribution in [1.82, 2.24) is 4.90 Å². The molecular weight excluding hydrogens is 513 g/mol. The van der Waals surface area contributed by atoms with Gasteiger partial charge in [0.05, 0.1) is 13.5 Å². The minimum Gasteiger partial charge on any atom is -0.391 e. The fourth-order valence-electron chi connectivity index (χ4n) is 3.40. The molecule has 24 heavy (non-hydrogen) atoms. The molecule has 0 aromatic carbocycles. The maximum atomic E-state index is 12.8. The quantitative estimate of drug-likeness (QED) is 0.526. The zero-order valence-electron chi connectivity index (χ0n) is 19.5. The standard InChI is InChI=1S/C20H37NO2.Ac/c1-4-5-14-17(2)20(23)19-18(22)15-12-10-8-6-7-9-11-13-16-21(19)3;/h4-5,17,19-20,23H,6-16H2,1-3H3;/t17-,19-,20?;/m1./s1/i1D3,4D;. The van der Waals surface area contributed by atoms with Crippen molar-refractivity contribution < 1.29 is 59.4 Å². The van der Waals surface area contributed by atoms with Gasteiger partial charge in [0.1, 0.15) is 0 Å². The zero-order chi connectivity index (χ0) is 20.4. The molecular formula is C20H37AcNO2. The smallest absolute Gasteiger partial charge is 0.152 e. The fraction of sp³-hybridized carbons (Fsp3) is 0.850. The number of aliphatic hydroxyl groups excluding tert-OH is 1. The molecule has 0 aromatic rings. The van der Waals surface area contributed by atoms with Crippen molar-refractivity contribution in [3.05, 3.63) is 12.1 Å². The first kappa shape index (κ1) is 18.1. The van der Waals surface area contributed by atoms with Gasteiger partial charge in [-0.1, -0.05) is 57.6 Å². The van der Waals surface area contributed by atoms with Gasteiger partial charge in [-0.25, -0.2) is 0 Å². The number of likely N-dealkylation sites (N-methyl/N-ethyl adjacent to an activating group) is 1. The summed E-state index contributed by atoms with van der Waals surface area (Å²) >= 11 is 0. The van der Waals surface area contributed by atoms with Gasteiger partial charge in [0, 0.05) is 54.6 Å². The second-order valence-electron chi connectivity index (χ2n) is 7.02. The molecule has 1 saturated heterocycles. The number of hydrogen-bond donors (Lipinski definition) is 1. The summed E-state index contributed by atoms with van der Waals surface area (Å²) in [5.74, 6) is -0.221. The van der Waals surface area contributed by atoms with Crippen LogP contribution in [0.5, 0.6) is 0 Å². The first-order valence-electron chi connectivity index (χ1n) is 11.2. The summed E-state index contributed by atoms with van der Waals surface area (Å²) in [6.07, 6.45) is 10.2. The Morgan fingerprint density at radius 3 is 2.46 bits per heavy atom. The van der Waals surface area contributed by atoms with Gasteiger partial charge in [0.15, 0.2) is 5.78 Å². The molecule has 1 fully saturated rings. The average molecular weight is 555 g/mol. The van der Waals surface area contributed by atoms with Crippen LogP contribution in [0.3, 0.4) is 0 Å². The number of ketones is 1. The molecule has 1 heterocycles. The van der Waals surface area contributed by atoms with Gasteiger partial charge in [-0.15, -0.1) is 0 Å². The van der Waals surface area contributed by atoms with Crippen molar-refractivity contribution in [1.29, 1.82) is 0 Å². The van der Waals surface area contributed by atoms with E-state index < -0.39 is 25.0 Å². The molecule has 1 radical (unpaired) electrons. The summed E-state index contributed by atoms with van der Waals surface area (Å²) in [4.78, 5) is 14.8. The summed E-state index contributed by atoms with van der Waals surface area (Å²) in [5, 5.41) is 10.9. The molecule has 0 aromatic heterocycles. The molecule has 1 aliphatic rings. The average Bonchev–Trinajstić information content (AvgIpc) is 2.60. The van der Waals surface area contributed by atoms with Gasteiger partial charge in [-0.3, -0.25) is 9.69 Å². The van der Waals surface area contributed by atoms with E-state index in [-0.39, 0.29) is 62.2 Å². The van der Waals surface area contributed by atoms with Crippen LogP contribution in [0.15, 0.2) is 12.1 Å². The predicted octanol–water partition coefficient (Wildman–Crippen LogP) is 4.34. The molecule has 0 aliphatic carbocycles. The van der Waals surface area contributed by atoms with Gasteiger partial charge in [-0.2, -0.15) is 0 Å². The van der Waals surface area contributed by atoms with Gasteiger partial charge < -0.3 is 5.11 Å². The van der Waals surface area contributed by atoms with Crippen LogP contribution in [-0.4, -0.2) is 41.5 Å². The number of nitrogens with zero attached hydrogens (tertiary/aromatic N) is 1. The van der Waals surface area contributed by atoms with Gasteiger partial charge in [0.2, 0.25) is 0 Å². The molecule has 3 atom stereocenters. The Hall–Kier alpha value is 0.772. The Kier molecular flexibility index (Phi) is 11.3.